The molecule has 2 aliphatic heterocycles. The van der Waals surface area contributed by atoms with Gasteiger partial charge < -0.3 is 14.4 Å². The van der Waals surface area contributed by atoms with Gasteiger partial charge in [0.05, 0.1) is 18.9 Å². The van der Waals surface area contributed by atoms with Crippen LogP contribution in [0.15, 0.2) is 30.3 Å². The van der Waals surface area contributed by atoms with E-state index in [9.17, 15) is 9.59 Å². The Morgan fingerprint density at radius 1 is 1.25 bits per heavy atom. The number of nitrogens with zero attached hydrogens (tertiary/aromatic N) is 1. The van der Waals surface area contributed by atoms with E-state index in [1.807, 2.05) is 35.2 Å². The van der Waals surface area contributed by atoms with E-state index in [1.165, 1.54) is 7.11 Å². The molecular weight excluding hydrogens is 306 g/mol. The van der Waals surface area contributed by atoms with Crippen LogP contribution in [-0.2, 0) is 25.5 Å². The van der Waals surface area contributed by atoms with Gasteiger partial charge in [-0.15, -0.1) is 0 Å². The summed E-state index contributed by atoms with van der Waals surface area (Å²) in [5, 5.41) is 0. The van der Waals surface area contributed by atoms with Gasteiger partial charge in [0.2, 0.25) is 5.91 Å². The Bertz CT molecular complexity index is 568. The minimum atomic E-state index is -0.373. The van der Waals surface area contributed by atoms with E-state index < -0.39 is 0 Å². The summed E-state index contributed by atoms with van der Waals surface area (Å²) in [6, 6.07) is 9.88. The lowest BCUT2D eigenvalue weighted by Gasteiger charge is -2.27. The summed E-state index contributed by atoms with van der Waals surface area (Å²) in [7, 11) is 1.40. The third kappa shape index (κ3) is 3.78. The molecule has 0 spiro atoms. The Hall–Kier alpha value is -1.88. The van der Waals surface area contributed by atoms with Crippen LogP contribution in [-0.4, -0.2) is 50.2 Å². The fraction of sp³-hybridized carbons (Fsp3) is 0.579. The van der Waals surface area contributed by atoms with E-state index in [-0.39, 0.29) is 23.7 Å². The van der Waals surface area contributed by atoms with Gasteiger partial charge in [-0.25, -0.2) is 0 Å². The van der Waals surface area contributed by atoms with Crippen molar-refractivity contribution in [1.82, 2.24) is 4.90 Å². The van der Waals surface area contributed by atoms with E-state index in [0.717, 1.165) is 38.2 Å². The van der Waals surface area contributed by atoms with Crippen molar-refractivity contribution < 1.29 is 19.1 Å². The number of benzene rings is 1. The smallest absolute Gasteiger partial charge is 0.311 e. The van der Waals surface area contributed by atoms with Crippen LogP contribution in [0.2, 0.25) is 0 Å². The van der Waals surface area contributed by atoms with Crippen LogP contribution in [0.1, 0.15) is 18.4 Å². The number of hydrogen-bond acceptors (Lipinski definition) is 4. The summed E-state index contributed by atoms with van der Waals surface area (Å²) < 4.78 is 10.3. The predicted molar refractivity (Wildman–Crippen MR) is 89.3 cm³/mol. The molecule has 0 N–H and O–H groups in total. The second kappa shape index (κ2) is 7.79. The van der Waals surface area contributed by atoms with Gasteiger partial charge in [0.25, 0.3) is 0 Å². The van der Waals surface area contributed by atoms with Gasteiger partial charge in [-0.2, -0.15) is 0 Å². The Morgan fingerprint density at radius 2 is 1.96 bits per heavy atom. The quantitative estimate of drug-likeness (QED) is 0.774. The number of esters is 1. The first kappa shape index (κ1) is 17.0. The molecule has 0 unspecified atom stereocenters. The molecule has 0 bridgehead atoms. The molecule has 1 aromatic rings. The zero-order valence-electron chi connectivity index (χ0n) is 14.1. The summed E-state index contributed by atoms with van der Waals surface area (Å²) in [6.45, 7) is 2.72. The highest BCUT2D eigenvalue weighted by molar-refractivity contribution is 5.89. The molecule has 5 nitrogen and oxygen atoms in total. The molecule has 0 saturated carbocycles. The van der Waals surface area contributed by atoms with E-state index >= 15 is 0 Å². The van der Waals surface area contributed by atoms with Crippen LogP contribution in [0.3, 0.4) is 0 Å². The van der Waals surface area contributed by atoms with Crippen LogP contribution in [0, 0.1) is 17.8 Å². The highest BCUT2D eigenvalue weighted by Crippen LogP contribution is 2.31. The molecule has 1 aromatic carbocycles. The summed E-state index contributed by atoms with van der Waals surface area (Å²) in [5.41, 5.74) is 1.08. The summed E-state index contributed by atoms with van der Waals surface area (Å²) >= 11 is 0. The fourth-order valence-corrected chi connectivity index (χ4v) is 3.75. The van der Waals surface area contributed by atoms with Crippen molar-refractivity contribution in [2.75, 3.05) is 33.4 Å². The van der Waals surface area contributed by atoms with E-state index in [2.05, 4.69) is 0 Å². The largest absolute Gasteiger partial charge is 0.469 e. The molecule has 24 heavy (non-hydrogen) atoms. The van der Waals surface area contributed by atoms with Gasteiger partial charge in [0.15, 0.2) is 0 Å². The van der Waals surface area contributed by atoms with Crippen molar-refractivity contribution in [2.45, 2.75) is 19.3 Å². The first-order valence-corrected chi connectivity index (χ1v) is 8.67. The minimum Gasteiger partial charge on any atom is -0.469 e. The van der Waals surface area contributed by atoms with Crippen LogP contribution in [0.5, 0.6) is 0 Å². The van der Waals surface area contributed by atoms with Crippen molar-refractivity contribution >= 4 is 11.9 Å². The molecule has 130 valence electrons. The Kier molecular flexibility index (Phi) is 5.51. The summed E-state index contributed by atoms with van der Waals surface area (Å²) in [4.78, 5) is 26.9. The summed E-state index contributed by atoms with van der Waals surface area (Å²) in [5.74, 6) is -0.418. The third-order valence-corrected chi connectivity index (χ3v) is 5.15. The SMILES string of the molecule is COC(=O)[C@H]1CN(CC2CCOCC2)C(=O)[C@@H]1Cc1ccccc1. The number of carbonyl (C=O) groups excluding carboxylic acids is 2. The molecule has 2 aliphatic rings. The average Bonchev–Trinajstić information content (AvgIpc) is 2.92. The number of hydrogen-bond donors (Lipinski definition) is 0. The molecule has 3 rings (SSSR count). The maximum Gasteiger partial charge on any atom is 0.311 e. The van der Waals surface area contributed by atoms with Crippen molar-refractivity contribution in [3.63, 3.8) is 0 Å². The van der Waals surface area contributed by atoms with Crippen molar-refractivity contribution in [3.8, 4) is 0 Å². The zero-order chi connectivity index (χ0) is 16.9. The highest BCUT2D eigenvalue weighted by atomic mass is 16.5. The third-order valence-electron chi connectivity index (χ3n) is 5.15. The zero-order valence-corrected chi connectivity index (χ0v) is 14.1. The minimum absolute atomic E-state index is 0.0840. The molecule has 0 aliphatic carbocycles. The number of ether oxygens (including phenoxy) is 2. The average molecular weight is 331 g/mol. The van der Waals surface area contributed by atoms with Crippen molar-refractivity contribution in [2.24, 2.45) is 17.8 Å². The number of amides is 1. The van der Waals surface area contributed by atoms with E-state index in [1.54, 1.807) is 0 Å². The molecule has 2 heterocycles. The van der Waals surface area contributed by atoms with Gasteiger partial charge in [-0.3, -0.25) is 9.59 Å². The van der Waals surface area contributed by atoms with Crippen LogP contribution >= 0.6 is 0 Å². The van der Waals surface area contributed by atoms with Gasteiger partial charge in [0, 0.05) is 26.3 Å². The number of likely N-dealkylation sites (tertiary alicyclic amines) is 1. The second-order valence-electron chi connectivity index (χ2n) is 6.72. The maximum absolute atomic E-state index is 12.9. The first-order chi connectivity index (χ1) is 11.7. The summed E-state index contributed by atoms with van der Waals surface area (Å²) in [6.07, 6.45) is 2.55. The molecule has 0 aromatic heterocycles. The van der Waals surface area contributed by atoms with E-state index in [4.69, 9.17) is 9.47 Å². The highest BCUT2D eigenvalue weighted by Gasteiger charge is 2.45. The molecule has 0 radical (unpaired) electrons. The number of carbonyl (C=O) groups is 2. The van der Waals surface area contributed by atoms with Gasteiger partial charge >= 0.3 is 5.97 Å². The lowest BCUT2D eigenvalue weighted by Crippen LogP contribution is -2.35. The van der Waals surface area contributed by atoms with Gasteiger partial charge in [0.1, 0.15) is 0 Å². The molecule has 2 atom stereocenters. The van der Waals surface area contributed by atoms with Crippen molar-refractivity contribution in [3.05, 3.63) is 35.9 Å². The Labute approximate surface area is 142 Å². The van der Waals surface area contributed by atoms with Crippen molar-refractivity contribution in [1.29, 1.82) is 0 Å². The Balaban J connectivity index is 1.71. The Morgan fingerprint density at radius 3 is 2.62 bits per heavy atom. The first-order valence-electron chi connectivity index (χ1n) is 8.67. The van der Waals surface area contributed by atoms with Crippen LogP contribution < -0.4 is 0 Å². The molecule has 1 amide bonds. The molecule has 2 fully saturated rings. The van der Waals surface area contributed by atoms with Gasteiger partial charge in [-0.05, 0) is 30.7 Å². The fourth-order valence-electron chi connectivity index (χ4n) is 3.75. The standard InChI is InChI=1S/C19H25NO4/c1-23-19(22)17-13-20(12-15-7-9-24-10-8-15)18(21)16(17)11-14-5-3-2-4-6-14/h2-6,15-17H,7-13H2,1H3/t16-,17+/m1/s1. The van der Waals surface area contributed by atoms with Crippen LogP contribution in [0.4, 0.5) is 0 Å². The predicted octanol–water partition coefficient (Wildman–Crippen LogP) is 1.90. The maximum atomic E-state index is 12.9. The normalized spacial score (nSPS) is 25.0. The van der Waals surface area contributed by atoms with E-state index in [0.29, 0.717) is 18.9 Å². The molecule has 5 heteroatoms. The lowest BCUT2D eigenvalue weighted by atomic mass is 9.89. The number of methoxy groups -OCH3 is 1. The van der Waals surface area contributed by atoms with Crippen LogP contribution in [0.25, 0.3) is 0 Å². The molecule has 2 saturated heterocycles. The number of rotatable bonds is 5. The lowest BCUT2D eigenvalue weighted by molar-refractivity contribution is -0.147. The topological polar surface area (TPSA) is 55.8 Å². The second-order valence-corrected chi connectivity index (χ2v) is 6.72. The molecular formula is C19H25NO4. The monoisotopic (exact) mass is 331 g/mol. The van der Waals surface area contributed by atoms with Gasteiger partial charge in [-0.1, -0.05) is 30.3 Å².